The molecule has 28 heavy (non-hydrogen) atoms. The van der Waals surface area contributed by atoms with Crippen molar-refractivity contribution in [2.45, 2.75) is 58.0 Å². The van der Waals surface area contributed by atoms with Gasteiger partial charge in [-0.15, -0.1) is 11.3 Å². The Labute approximate surface area is 166 Å². The van der Waals surface area contributed by atoms with Crippen LogP contribution < -0.4 is 16.6 Å². The number of hydrogen-bond acceptors (Lipinski definition) is 6. The van der Waals surface area contributed by atoms with Crippen LogP contribution in [0, 0.1) is 0 Å². The van der Waals surface area contributed by atoms with Gasteiger partial charge in [-0.25, -0.2) is 4.79 Å². The third-order valence-electron chi connectivity index (χ3n) is 5.40. The largest absolute Gasteiger partial charge is 0.376 e. The Kier molecular flexibility index (Phi) is 4.93. The Morgan fingerprint density at radius 3 is 2.86 bits per heavy atom. The fraction of sp³-hybridized carbons (Fsp3) is 0.632. The number of aryl methyl sites for hydroxylation is 1. The van der Waals surface area contributed by atoms with Gasteiger partial charge < -0.3 is 14.8 Å². The third-order valence-corrected chi connectivity index (χ3v) is 6.68. The fourth-order valence-corrected chi connectivity index (χ4v) is 5.03. The predicted molar refractivity (Wildman–Crippen MR) is 106 cm³/mol. The summed E-state index contributed by atoms with van der Waals surface area (Å²) >= 11 is 1.42. The number of carbonyl (C=O) groups excluding carboxylic acids is 1. The lowest BCUT2D eigenvalue weighted by Gasteiger charge is -2.29. The topological polar surface area (TPSA) is 91.6 Å². The van der Waals surface area contributed by atoms with Crippen LogP contribution >= 0.6 is 11.3 Å². The van der Waals surface area contributed by atoms with Crippen LogP contribution in [0.4, 0.5) is 0 Å². The SMILES string of the molecule is Cn1c(=O)n(CC(=O)NC[C@@H]2CCCO2)c(=O)c2c3c(sc21)COC(C)(C)C3. The van der Waals surface area contributed by atoms with Crippen LogP contribution in [0.5, 0.6) is 0 Å². The van der Waals surface area contributed by atoms with Gasteiger partial charge in [-0.3, -0.25) is 18.7 Å². The molecule has 0 bridgehead atoms. The standard InChI is InChI=1S/C19H25N3O5S/c1-19(2)7-12-13(10-27-19)28-17-15(12)16(24)22(18(25)21(17)3)9-14(23)20-8-11-5-4-6-26-11/h11H,4-10H2,1-3H3,(H,20,23)/t11-/m0/s1. The van der Waals surface area contributed by atoms with Gasteiger partial charge in [0.2, 0.25) is 5.91 Å². The maximum atomic E-state index is 13.2. The van der Waals surface area contributed by atoms with E-state index in [2.05, 4.69) is 5.32 Å². The maximum absolute atomic E-state index is 13.2. The van der Waals surface area contributed by atoms with Crippen molar-refractivity contribution in [1.82, 2.24) is 14.5 Å². The minimum atomic E-state index is -0.483. The minimum Gasteiger partial charge on any atom is -0.376 e. The average Bonchev–Trinajstić information content (AvgIpc) is 3.28. The summed E-state index contributed by atoms with van der Waals surface area (Å²) < 4.78 is 13.8. The van der Waals surface area contributed by atoms with Crippen LogP contribution in [0.15, 0.2) is 9.59 Å². The number of nitrogens with zero attached hydrogens (tertiary/aromatic N) is 2. The van der Waals surface area contributed by atoms with Gasteiger partial charge in [0.1, 0.15) is 11.4 Å². The Bertz CT molecular complexity index is 1040. The number of amides is 1. The summed E-state index contributed by atoms with van der Waals surface area (Å²) in [7, 11) is 1.64. The van der Waals surface area contributed by atoms with Crippen molar-refractivity contribution in [1.29, 1.82) is 0 Å². The molecule has 1 fully saturated rings. The Hall–Kier alpha value is -1.97. The summed E-state index contributed by atoms with van der Waals surface area (Å²) in [6.07, 6.45) is 2.51. The minimum absolute atomic E-state index is 0.0112. The molecule has 0 unspecified atom stereocenters. The summed E-state index contributed by atoms with van der Waals surface area (Å²) in [5.41, 5.74) is -0.319. The molecule has 0 radical (unpaired) electrons. The lowest BCUT2D eigenvalue weighted by atomic mass is 9.94. The second-order valence-electron chi connectivity index (χ2n) is 8.08. The van der Waals surface area contributed by atoms with Gasteiger partial charge >= 0.3 is 5.69 Å². The first-order chi connectivity index (χ1) is 13.3. The monoisotopic (exact) mass is 407 g/mol. The second-order valence-corrected chi connectivity index (χ2v) is 9.16. The van der Waals surface area contributed by atoms with Crippen molar-refractivity contribution in [2.75, 3.05) is 13.2 Å². The van der Waals surface area contributed by atoms with E-state index in [1.165, 1.54) is 15.9 Å². The molecule has 9 heteroatoms. The van der Waals surface area contributed by atoms with E-state index >= 15 is 0 Å². The molecule has 2 aliphatic heterocycles. The molecular formula is C19H25N3O5S. The summed E-state index contributed by atoms with van der Waals surface area (Å²) in [6, 6.07) is 0. The number of ether oxygens (including phenoxy) is 2. The number of rotatable bonds is 4. The van der Waals surface area contributed by atoms with Gasteiger partial charge in [-0.1, -0.05) is 0 Å². The van der Waals surface area contributed by atoms with Gasteiger partial charge in [0, 0.05) is 31.5 Å². The number of aromatic nitrogens is 2. The number of hydrogen-bond donors (Lipinski definition) is 1. The maximum Gasteiger partial charge on any atom is 0.332 e. The Morgan fingerprint density at radius 1 is 1.36 bits per heavy atom. The number of thiophene rings is 1. The number of nitrogens with one attached hydrogen (secondary N) is 1. The number of carbonyl (C=O) groups is 1. The molecular weight excluding hydrogens is 382 g/mol. The predicted octanol–water partition coefficient (Wildman–Crippen LogP) is 0.908. The summed E-state index contributed by atoms with van der Waals surface area (Å²) in [6.45, 7) is 5.21. The molecule has 2 aromatic rings. The molecule has 1 N–H and O–H groups in total. The molecule has 4 rings (SSSR count). The highest BCUT2D eigenvalue weighted by Gasteiger charge is 2.31. The van der Waals surface area contributed by atoms with Crippen LogP contribution in [-0.2, 0) is 40.9 Å². The molecule has 1 amide bonds. The van der Waals surface area contributed by atoms with E-state index in [1.54, 1.807) is 7.05 Å². The first-order valence-corrected chi connectivity index (χ1v) is 10.3. The van der Waals surface area contributed by atoms with Crippen LogP contribution in [0.1, 0.15) is 37.1 Å². The van der Waals surface area contributed by atoms with E-state index in [0.717, 1.165) is 27.8 Å². The molecule has 2 aliphatic rings. The van der Waals surface area contributed by atoms with Gasteiger partial charge in [0.05, 0.1) is 23.7 Å². The normalized spacial score (nSPS) is 21.0. The lowest BCUT2D eigenvalue weighted by molar-refractivity contribution is -0.122. The highest BCUT2D eigenvalue weighted by Crippen LogP contribution is 2.36. The zero-order valence-corrected chi connectivity index (χ0v) is 17.2. The smallest absolute Gasteiger partial charge is 0.332 e. The molecule has 4 heterocycles. The van der Waals surface area contributed by atoms with E-state index in [4.69, 9.17) is 9.47 Å². The highest BCUT2D eigenvalue weighted by molar-refractivity contribution is 7.18. The second kappa shape index (κ2) is 7.13. The molecule has 2 aromatic heterocycles. The van der Waals surface area contributed by atoms with Gasteiger partial charge in [0.15, 0.2) is 0 Å². The Balaban J connectivity index is 1.68. The van der Waals surface area contributed by atoms with Crippen molar-refractivity contribution in [3.63, 3.8) is 0 Å². The first kappa shape index (κ1) is 19.4. The highest BCUT2D eigenvalue weighted by atomic mass is 32.1. The average molecular weight is 407 g/mol. The molecule has 1 atom stereocenters. The zero-order valence-electron chi connectivity index (χ0n) is 16.4. The fourth-order valence-electron chi connectivity index (χ4n) is 3.86. The van der Waals surface area contributed by atoms with Crippen LogP contribution in [-0.4, -0.2) is 39.9 Å². The van der Waals surface area contributed by atoms with E-state index in [1.807, 2.05) is 13.8 Å². The third kappa shape index (κ3) is 3.42. The van der Waals surface area contributed by atoms with Crippen molar-refractivity contribution in [3.8, 4) is 0 Å². The molecule has 0 aromatic carbocycles. The van der Waals surface area contributed by atoms with E-state index in [-0.39, 0.29) is 24.2 Å². The van der Waals surface area contributed by atoms with Crippen LogP contribution in [0.3, 0.4) is 0 Å². The summed E-state index contributed by atoms with van der Waals surface area (Å²) in [4.78, 5) is 39.9. The van der Waals surface area contributed by atoms with Crippen molar-refractivity contribution in [3.05, 3.63) is 31.3 Å². The zero-order chi connectivity index (χ0) is 20.1. The van der Waals surface area contributed by atoms with Crippen LogP contribution in [0.2, 0.25) is 0 Å². The van der Waals surface area contributed by atoms with E-state index < -0.39 is 11.2 Å². The van der Waals surface area contributed by atoms with E-state index in [0.29, 0.717) is 36.4 Å². The molecule has 0 saturated carbocycles. The van der Waals surface area contributed by atoms with Crippen LogP contribution in [0.25, 0.3) is 10.2 Å². The van der Waals surface area contributed by atoms with Gasteiger partial charge in [0.25, 0.3) is 5.56 Å². The van der Waals surface area contributed by atoms with Crippen molar-refractivity contribution >= 4 is 27.5 Å². The summed E-state index contributed by atoms with van der Waals surface area (Å²) in [5.74, 6) is -0.359. The molecule has 0 spiro atoms. The molecule has 8 nitrogen and oxygen atoms in total. The van der Waals surface area contributed by atoms with Gasteiger partial charge in [-0.2, -0.15) is 0 Å². The van der Waals surface area contributed by atoms with Gasteiger partial charge in [-0.05, 0) is 32.3 Å². The first-order valence-electron chi connectivity index (χ1n) is 9.53. The van der Waals surface area contributed by atoms with E-state index in [9.17, 15) is 14.4 Å². The molecule has 1 saturated heterocycles. The van der Waals surface area contributed by atoms with Crippen molar-refractivity contribution in [2.24, 2.45) is 7.05 Å². The summed E-state index contributed by atoms with van der Waals surface area (Å²) in [5, 5.41) is 3.31. The molecule has 152 valence electrons. The number of fused-ring (bicyclic) bond motifs is 3. The lowest BCUT2D eigenvalue weighted by Crippen LogP contribution is -2.44. The Morgan fingerprint density at radius 2 is 2.14 bits per heavy atom. The van der Waals surface area contributed by atoms with Crippen molar-refractivity contribution < 1.29 is 14.3 Å². The molecule has 0 aliphatic carbocycles. The quantitative estimate of drug-likeness (QED) is 0.813.